The number of anilines is 2. The summed E-state index contributed by atoms with van der Waals surface area (Å²) in [6, 6.07) is 8.77. The molecule has 1 heterocycles. The van der Waals surface area contributed by atoms with E-state index in [1.54, 1.807) is 36.3 Å². The zero-order valence-electron chi connectivity index (χ0n) is 14.0. The minimum Gasteiger partial charge on any atom is -0.497 e. The monoisotopic (exact) mass is 361 g/mol. The summed E-state index contributed by atoms with van der Waals surface area (Å²) in [4.78, 5) is 25.8. The van der Waals surface area contributed by atoms with Crippen molar-refractivity contribution in [2.75, 3.05) is 23.9 Å². The number of nitrogens with one attached hydrogen (secondary N) is 2. The third kappa shape index (κ3) is 3.90. The van der Waals surface area contributed by atoms with Gasteiger partial charge in [0.2, 0.25) is 5.91 Å². The molecule has 0 spiro atoms. The Bertz CT molecular complexity index is 827. The van der Waals surface area contributed by atoms with Crippen molar-refractivity contribution in [3.8, 4) is 5.75 Å². The number of halogens is 2. The Hall–Kier alpha value is -3.16. The summed E-state index contributed by atoms with van der Waals surface area (Å²) in [7, 11) is 1.55. The zero-order chi connectivity index (χ0) is 18.7. The molecule has 3 rings (SSSR count). The van der Waals surface area contributed by atoms with Gasteiger partial charge in [0.05, 0.1) is 18.8 Å². The molecule has 1 atom stereocenters. The lowest BCUT2D eigenvalue weighted by molar-refractivity contribution is -0.117. The van der Waals surface area contributed by atoms with E-state index in [-0.39, 0.29) is 18.0 Å². The quantitative estimate of drug-likeness (QED) is 0.880. The van der Waals surface area contributed by atoms with Crippen molar-refractivity contribution < 1.29 is 23.1 Å². The molecular formula is C18H17F2N3O3. The first kappa shape index (κ1) is 17.7. The largest absolute Gasteiger partial charge is 0.497 e. The molecule has 1 aliphatic heterocycles. The number of hydrogen-bond acceptors (Lipinski definition) is 3. The van der Waals surface area contributed by atoms with Gasteiger partial charge in [0.1, 0.15) is 17.4 Å². The van der Waals surface area contributed by atoms with Crippen LogP contribution < -0.4 is 20.3 Å². The second-order valence-electron chi connectivity index (χ2n) is 5.83. The van der Waals surface area contributed by atoms with Crippen molar-refractivity contribution in [3.05, 3.63) is 54.1 Å². The standard InChI is InChI=1S/C18H17F2N3O3/c1-26-14-5-3-13(4-6-14)23-10-12(9-17(23)24)21-18(25)22-16-7-2-11(19)8-15(16)20/h2-8,12H,9-10H2,1H3,(H2,21,22,25)/t12-/m1/s1. The highest BCUT2D eigenvalue weighted by Gasteiger charge is 2.31. The molecule has 0 radical (unpaired) electrons. The summed E-state index contributed by atoms with van der Waals surface area (Å²) in [5.74, 6) is -1.06. The Morgan fingerprint density at radius 3 is 2.58 bits per heavy atom. The molecule has 8 heteroatoms. The summed E-state index contributed by atoms with van der Waals surface area (Å²) in [5, 5.41) is 4.93. The van der Waals surface area contributed by atoms with Crippen LogP contribution in [0.3, 0.4) is 0 Å². The fraction of sp³-hybridized carbons (Fsp3) is 0.222. The van der Waals surface area contributed by atoms with Crippen LogP contribution in [0.4, 0.5) is 25.0 Å². The highest BCUT2D eigenvalue weighted by Crippen LogP contribution is 2.24. The van der Waals surface area contributed by atoms with Crippen molar-refractivity contribution in [1.29, 1.82) is 0 Å². The molecule has 0 aliphatic carbocycles. The van der Waals surface area contributed by atoms with Crippen LogP contribution in [-0.4, -0.2) is 31.6 Å². The summed E-state index contributed by atoms with van der Waals surface area (Å²) < 4.78 is 31.5. The molecule has 0 aromatic heterocycles. The highest BCUT2D eigenvalue weighted by molar-refractivity contribution is 5.97. The average Bonchev–Trinajstić information content (AvgIpc) is 2.97. The Labute approximate surface area is 148 Å². The molecule has 0 unspecified atom stereocenters. The number of amides is 3. The summed E-state index contributed by atoms with van der Waals surface area (Å²) >= 11 is 0. The lowest BCUT2D eigenvalue weighted by Crippen LogP contribution is -2.39. The van der Waals surface area contributed by atoms with Gasteiger partial charge in [-0.15, -0.1) is 0 Å². The number of nitrogens with zero attached hydrogens (tertiary/aromatic N) is 1. The van der Waals surface area contributed by atoms with Gasteiger partial charge in [-0.05, 0) is 36.4 Å². The van der Waals surface area contributed by atoms with Gasteiger partial charge >= 0.3 is 6.03 Å². The van der Waals surface area contributed by atoms with E-state index in [2.05, 4.69) is 10.6 Å². The predicted octanol–water partition coefficient (Wildman–Crippen LogP) is 2.90. The number of carbonyl (C=O) groups excluding carboxylic acids is 2. The zero-order valence-corrected chi connectivity index (χ0v) is 14.0. The smallest absolute Gasteiger partial charge is 0.319 e. The molecule has 0 saturated carbocycles. The molecule has 0 bridgehead atoms. The minimum absolute atomic E-state index is 0.130. The Balaban J connectivity index is 1.60. The van der Waals surface area contributed by atoms with E-state index in [0.717, 1.165) is 12.1 Å². The van der Waals surface area contributed by atoms with Crippen LogP contribution >= 0.6 is 0 Å². The highest BCUT2D eigenvalue weighted by atomic mass is 19.1. The van der Waals surface area contributed by atoms with Gasteiger partial charge in [0.15, 0.2) is 0 Å². The Morgan fingerprint density at radius 1 is 1.19 bits per heavy atom. The molecule has 136 valence electrons. The number of carbonyl (C=O) groups is 2. The number of methoxy groups -OCH3 is 1. The van der Waals surface area contributed by atoms with E-state index in [0.29, 0.717) is 24.0 Å². The van der Waals surface area contributed by atoms with Crippen molar-refractivity contribution >= 4 is 23.3 Å². The predicted molar refractivity (Wildman–Crippen MR) is 92.3 cm³/mol. The van der Waals surface area contributed by atoms with Crippen LogP contribution in [0.15, 0.2) is 42.5 Å². The summed E-state index contributed by atoms with van der Waals surface area (Å²) in [6.07, 6.45) is 0.130. The molecule has 3 amide bonds. The van der Waals surface area contributed by atoms with E-state index < -0.39 is 23.7 Å². The number of rotatable bonds is 4. The topological polar surface area (TPSA) is 70.7 Å². The van der Waals surface area contributed by atoms with Crippen molar-refractivity contribution in [2.24, 2.45) is 0 Å². The van der Waals surface area contributed by atoms with E-state index >= 15 is 0 Å². The second kappa shape index (κ2) is 7.38. The molecule has 1 fully saturated rings. The number of hydrogen-bond donors (Lipinski definition) is 2. The molecule has 6 nitrogen and oxygen atoms in total. The molecule has 26 heavy (non-hydrogen) atoms. The van der Waals surface area contributed by atoms with Gasteiger partial charge < -0.3 is 20.3 Å². The van der Waals surface area contributed by atoms with Crippen molar-refractivity contribution in [2.45, 2.75) is 12.5 Å². The van der Waals surface area contributed by atoms with Crippen LogP contribution in [0, 0.1) is 11.6 Å². The van der Waals surface area contributed by atoms with Crippen LogP contribution in [0.5, 0.6) is 5.75 Å². The molecule has 1 saturated heterocycles. The summed E-state index contributed by atoms with van der Waals surface area (Å²) in [5.41, 5.74) is 0.560. The van der Waals surface area contributed by atoms with Crippen LogP contribution in [0.1, 0.15) is 6.42 Å². The van der Waals surface area contributed by atoms with E-state index in [1.807, 2.05) is 0 Å². The van der Waals surface area contributed by atoms with Crippen molar-refractivity contribution in [3.63, 3.8) is 0 Å². The molecular weight excluding hydrogens is 344 g/mol. The number of ether oxygens (including phenoxy) is 1. The summed E-state index contributed by atoms with van der Waals surface area (Å²) in [6.45, 7) is 0.296. The van der Waals surface area contributed by atoms with E-state index in [9.17, 15) is 18.4 Å². The lowest BCUT2D eigenvalue weighted by Gasteiger charge is -2.18. The maximum absolute atomic E-state index is 13.6. The minimum atomic E-state index is -0.873. The normalized spacial score (nSPS) is 16.5. The third-order valence-corrected chi connectivity index (χ3v) is 4.02. The number of benzene rings is 2. The average molecular weight is 361 g/mol. The molecule has 2 aromatic carbocycles. The Morgan fingerprint density at radius 2 is 1.92 bits per heavy atom. The fourth-order valence-corrected chi connectivity index (χ4v) is 2.75. The lowest BCUT2D eigenvalue weighted by atomic mass is 10.2. The SMILES string of the molecule is COc1ccc(N2C[C@H](NC(=O)Nc3ccc(F)cc3F)CC2=O)cc1. The fourth-order valence-electron chi connectivity index (χ4n) is 2.75. The first-order valence-electron chi connectivity index (χ1n) is 7.93. The van der Waals surface area contributed by atoms with Gasteiger partial charge in [-0.2, -0.15) is 0 Å². The van der Waals surface area contributed by atoms with Gasteiger partial charge in [0, 0.05) is 24.7 Å². The molecule has 2 aromatic rings. The molecule has 2 N–H and O–H groups in total. The number of urea groups is 1. The third-order valence-electron chi connectivity index (χ3n) is 4.02. The van der Waals surface area contributed by atoms with Crippen LogP contribution in [0.25, 0.3) is 0 Å². The maximum Gasteiger partial charge on any atom is 0.319 e. The molecule has 1 aliphatic rings. The van der Waals surface area contributed by atoms with Crippen molar-refractivity contribution in [1.82, 2.24) is 5.32 Å². The Kier molecular flexibility index (Phi) is 5.01. The van der Waals surface area contributed by atoms with Crippen LogP contribution in [0.2, 0.25) is 0 Å². The van der Waals surface area contributed by atoms with Crippen LogP contribution in [-0.2, 0) is 4.79 Å². The van der Waals surface area contributed by atoms with Gasteiger partial charge in [-0.3, -0.25) is 4.79 Å². The first-order chi connectivity index (χ1) is 12.5. The van der Waals surface area contributed by atoms with Gasteiger partial charge in [0.25, 0.3) is 0 Å². The van der Waals surface area contributed by atoms with Gasteiger partial charge in [-0.25, -0.2) is 13.6 Å². The van der Waals surface area contributed by atoms with Gasteiger partial charge in [-0.1, -0.05) is 0 Å². The first-order valence-corrected chi connectivity index (χ1v) is 7.93. The van der Waals surface area contributed by atoms with E-state index in [4.69, 9.17) is 4.74 Å². The van der Waals surface area contributed by atoms with E-state index in [1.165, 1.54) is 0 Å². The maximum atomic E-state index is 13.6. The second-order valence-corrected chi connectivity index (χ2v) is 5.83.